The van der Waals surface area contributed by atoms with Gasteiger partial charge in [-0.1, -0.05) is 176 Å². The third-order valence-electron chi connectivity index (χ3n) is 14.9. The summed E-state index contributed by atoms with van der Waals surface area (Å²) in [5, 5.41) is 7.69. The molecule has 0 fully saturated rings. The standard InChI is InChI=1S/C60H35NS/c1-2-16-38-36(15-1)29-31-43-45-34-44-41-19-5-9-23-49(41)60(54(44)35-55(45)61(58(38)43)37-30-32-57-46(33-37)42-20-6-14-28-56(42)62-57)52-26-12-10-24-50(52)59(51-25-11-13-27-53(51)60)47-21-7-3-17-39(47)40-18-4-8-22-48(40)59/h1-35H. The van der Waals surface area contributed by atoms with Gasteiger partial charge < -0.3 is 4.57 Å². The molecule has 2 aromatic heterocycles. The first kappa shape index (κ1) is 33.2. The lowest BCUT2D eigenvalue weighted by Crippen LogP contribution is -2.43. The zero-order chi connectivity index (χ0) is 40.3. The second-order valence-electron chi connectivity index (χ2n) is 17.4. The maximum atomic E-state index is 2.59. The van der Waals surface area contributed by atoms with Crippen LogP contribution < -0.4 is 0 Å². The molecule has 286 valence electrons. The smallest absolute Gasteiger partial charge is 0.0720 e. The molecule has 0 bridgehead atoms. The Kier molecular flexibility index (Phi) is 6.24. The normalized spacial score (nSPS) is 14.7. The van der Waals surface area contributed by atoms with E-state index in [1.165, 1.54) is 125 Å². The number of hydrogen-bond acceptors (Lipinski definition) is 1. The molecule has 12 aromatic rings. The zero-order valence-corrected chi connectivity index (χ0v) is 34.4. The molecule has 15 rings (SSSR count). The lowest BCUT2D eigenvalue weighted by molar-refractivity contribution is 0.633. The molecule has 3 aliphatic carbocycles. The van der Waals surface area contributed by atoms with Crippen molar-refractivity contribution in [2.45, 2.75) is 10.8 Å². The van der Waals surface area contributed by atoms with Gasteiger partial charge in [0, 0.05) is 42.0 Å². The fourth-order valence-electron chi connectivity index (χ4n) is 12.6. The van der Waals surface area contributed by atoms with Crippen molar-refractivity contribution in [3.05, 3.63) is 257 Å². The Labute approximate surface area is 362 Å². The highest BCUT2D eigenvalue weighted by Crippen LogP contribution is 2.67. The first-order chi connectivity index (χ1) is 30.8. The van der Waals surface area contributed by atoms with Gasteiger partial charge in [-0.2, -0.15) is 0 Å². The fraction of sp³-hybridized carbons (Fsp3) is 0.0333. The second kappa shape index (κ2) is 11.6. The van der Waals surface area contributed by atoms with Gasteiger partial charge in [0.15, 0.2) is 0 Å². The van der Waals surface area contributed by atoms with Crippen molar-refractivity contribution < 1.29 is 0 Å². The molecule has 0 radical (unpaired) electrons. The van der Waals surface area contributed by atoms with E-state index in [2.05, 4.69) is 217 Å². The lowest BCUT2D eigenvalue weighted by atomic mass is 9.52. The average molecular weight is 802 g/mol. The van der Waals surface area contributed by atoms with Crippen LogP contribution in [-0.2, 0) is 10.8 Å². The van der Waals surface area contributed by atoms with Crippen molar-refractivity contribution in [2.75, 3.05) is 0 Å². The summed E-state index contributed by atoms with van der Waals surface area (Å²) in [6.45, 7) is 0. The van der Waals surface area contributed by atoms with E-state index in [9.17, 15) is 0 Å². The number of hydrogen-bond donors (Lipinski definition) is 0. The van der Waals surface area contributed by atoms with Crippen LogP contribution in [0.25, 0.3) is 80.7 Å². The van der Waals surface area contributed by atoms with Gasteiger partial charge in [0.05, 0.1) is 21.9 Å². The minimum Gasteiger partial charge on any atom is -0.309 e. The monoisotopic (exact) mass is 801 g/mol. The molecule has 2 heterocycles. The van der Waals surface area contributed by atoms with Gasteiger partial charge in [0.1, 0.15) is 0 Å². The van der Waals surface area contributed by atoms with E-state index < -0.39 is 10.8 Å². The van der Waals surface area contributed by atoms with Crippen LogP contribution in [0, 0.1) is 0 Å². The molecule has 3 aliphatic rings. The van der Waals surface area contributed by atoms with Crippen molar-refractivity contribution in [3.8, 4) is 27.9 Å². The number of fused-ring (bicyclic) bond motifs is 24. The second-order valence-corrected chi connectivity index (χ2v) is 18.5. The molecule has 0 atom stereocenters. The Balaban J connectivity index is 1.12. The van der Waals surface area contributed by atoms with Crippen LogP contribution in [0.2, 0.25) is 0 Å². The summed E-state index contributed by atoms with van der Waals surface area (Å²) >= 11 is 1.88. The first-order valence-electron chi connectivity index (χ1n) is 21.7. The lowest BCUT2D eigenvalue weighted by Gasteiger charge is -2.48. The van der Waals surface area contributed by atoms with Crippen molar-refractivity contribution in [2.24, 2.45) is 0 Å². The fourth-order valence-corrected chi connectivity index (χ4v) is 13.7. The van der Waals surface area contributed by atoms with Crippen molar-refractivity contribution in [1.29, 1.82) is 0 Å². The summed E-state index contributed by atoms with van der Waals surface area (Å²) in [5.41, 5.74) is 18.8. The molecule has 0 unspecified atom stereocenters. The Morgan fingerprint density at radius 3 is 1.45 bits per heavy atom. The first-order valence-corrected chi connectivity index (χ1v) is 22.5. The maximum Gasteiger partial charge on any atom is 0.0720 e. The molecule has 0 saturated heterocycles. The molecule has 2 heteroatoms. The highest BCUT2D eigenvalue weighted by molar-refractivity contribution is 7.25. The summed E-state index contributed by atoms with van der Waals surface area (Å²) in [7, 11) is 0. The van der Waals surface area contributed by atoms with Crippen LogP contribution in [-0.4, -0.2) is 4.57 Å². The van der Waals surface area contributed by atoms with Gasteiger partial charge in [-0.15, -0.1) is 11.3 Å². The molecule has 0 aliphatic heterocycles. The van der Waals surface area contributed by atoms with Gasteiger partial charge in [0.2, 0.25) is 0 Å². The minimum absolute atomic E-state index is 0.472. The molecule has 0 saturated carbocycles. The van der Waals surface area contributed by atoms with E-state index in [0.717, 1.165) is 0 Å². The summed E-state index contributed by atoms with van der Waals surface area (Å²) in [5.74, 6) is 0. The third kappa shape index (κ3) is 3.79. The maximum absolute atomic E-state index is 2.59. The highest BCUT2D eigenvalue weighted by atomic mass is 32.1. The number of thiophene rings is 1. The van der Waals surface area contributed by atoms with E-state index in [-0.39, 0.29) is 0 Å². The Bertz CT molecular complexity index is 3860. The Hall–Kier alpha value is -7.52. The molecule has 1 nitrogen and oxygen atoms in total. The van der Waals surface area contributed by atoms with E-state index in [1.807, 2.05) is 11.3 Å². The third-order valence-corrected chi connectivity index (χ3v) is 16.0. The number of nitrogens with zero attached hydrogens (tertiary/aromatic N) is 1. The SMILES string of the molecule is c1ccc2c(c1)-c1ccccc1C21c2ccccc2C2(c3ccccc3-c3cc4c5ccc6ccccc6c5n(-c5ccc6sc7ccccc7c6c5)c4cc32)c2ccccc21. The van der Waals surface area contributed by atoms with Gasteiger partial charge >= 0.3 is 0 Å². The Morgan fingerprint density at radius 1 is 0.306 bits per heavy atom. The number of aromatic nitrogens is 1. The predicted molar refractivity (Wildman–Crippen MR) is 259 cm³/mol. The van der Waals surface area contributed by atoms with Crippen molar-refractivity contribution >= 4 is 64.1 Å². The van der Waals surface area contributed by atoms with E-state index >= 15 is 0 Å². The van der Waals surface area contributed by atoms with Gasteiger partial charge in [-0.25, -0.2) is 0 Å². The van der Waals surface area contributed by atoms with Crippen LogP contribution >= 0.6 is 11.3 Å². The predicted octanol–water partition coefficient (Wildman–Crippen LogP) is 15.3. The van der Waals surface area contributed by atoms with E-state index in [0.29, 0.717) is 0 Å². The zero-order valence-electron chi connectivity index (χ0n) is 33.6. The van der Waals surface area contributed by atoms with E-state index in [4.69, 9.17) is 0 Å². The molecule has 0 amide bonds. The van der Waals surface area contributed by atoms with Crippen molar-refractivity contribution in [3.63, 3.8) is 0 Å². The van der Waals surface area contributed by atoms with Crippen LogP contribution in [0.5, 0.6) is 0 Å². The summed E-state index contributed by atoms with van der Waals surface area (Å²) < 4.78 is 5.22. The topological polar surface area (TPSA) is 4.93 Å². The Morgan fingerprint density at radius 2 is 0.806 bits per heavy atom. The highest BCUT2D eigenvalue weighted by Gasteiger charge is 2.59. The average Bonchev–Trinajstić information content (AvgIpc) is 4.05. The molecule has 10 aromatic carbocycles. The van der Waals surface area contributed by atoms with Crippen LogP contribution in [0.3, 0.4) is 0 Å². The largest absolute Gasteiger partial charge is 0.309 e. The van der Waals surface area contributed by atoms with Crippen LogP contribution in [0.4, 0.5) is 0 Å². The summed E-state index contributed by atoms with van der Waals surface area (Å²) in [4.78, 5) is 0. The van der Waals surface area contributed by atoms with Gasteiger partial charge in [-0.05, 0) is 109 Å². The summed E-state index contributed by atoms with van der Waals surface area (Å²) in [6, 6.07) is 81.1. The van der Waals surface area contributed by atoms with E-state index in [1.54, 1.807) is 0 Å². The molecule has 0 N–H and O–H groups in total. The number of rotatable bonds is 1. The van der Waals surface area contributed by atoms with Crippen molar-refractivity contribution in [1.82, 2.24) is 4.57 Å². The van der Waals surface area contributed by atoms with Crippen LogP contribution in [0.1, 0.15) is 44.5 Å². The quantitative estimate of drug-likeness (QED) is 0.156. The van der Waals surface area contributed by atoms with Gasteiger partial charge in [-0.3, -0.25) is 0 Å². The molecule has 62 heavy (non-hydrogen) atoms. The molecule has 2 spiro atoms. The summed E-state index contributed by atoms with van der Waals surface area (Å²) in [6.07, 6.45) is 0. The number of benzene rings is 10. The van der Waals surface area contributed by atoms with Crippen LogP contribution in [0.15, 0.2) is 212 Å². The minimum atomic E-state index is -0.568. The molecular formula is C60H35NS. The van der Waals surface area contributed by atoms with Gasteiger partial charge in [0.25, 0.3) is 0 Å². The molecular weight excluding hydrogens is 767 g/mol.